The molecule has 166 valence electrons. The van der Waals surface area contributed by atoms with Crippen molar-refractivity contribution in [3.05, 3.63) is 92.4 Å². The predicted octanol–water partition coefficient (Wildman–Crippen LogP) is 6.26. The van der Waals surface area contributed by atoms with E-state index in [1.54, 1.807) is 0 Å². The highest BCUT2D eigenvalue weighted by Gasteiger charge is 2.20. The van der Waals surface area contributed by atoms with Gasteiger partial charge in [-0.15, -0.1) is 0 Å². The smallest absolute Gasteiger partial charge is 0.228 e. The monoisotopic (exact) mass is 531 g/mol. The van der Waals surface area contributed by atoms with Gasteiger partial charge in [0.2, 0.25) is 5.91 Å². The van der Waals surface area contributed by atoms with Crippen molar-refractivity contribution in [3.63, 3.8) is 0 Å². The van der Waals surface area contributed by atoms with Gasteiger partial charge in [-0.1, -0.05) is 69.5 Å². The Bertz CT molecular complexity index is 1080. The fourth-order valence-corrected chi connectivity index (χ4v) is 4.61. The fraction of sp³-hybridized carbons (Fsp3) is 0.240. The second kappa shape index (κ2) is 10.7. The van der Waals surface area contributed by atoms with Gasteiger partial charge in [0.15, 0.2) is 0 Å². The molecule has 3 aromatic rings. The van der Waals surface area contributed by atoms with Crippen LogP contribution in [0, 0.1) is 0 Å². The average molecular weight is 533 g/mol. The summed E-state index contributed by atoms with van der Waals surface area (Å²) in [5.41, 5.74) is 3.82. The number of nitrogens with zero attached hydrogens (tertiary/aromatic N) is 2. The number of hydrogen-bond donors (Lipinski definition) is 1. The first-order valence-corrected chi connectivity index (χ1v) is 12.1. The van der Waals surface area contributed by atoms with Crippen molar-refractivity contribution in [2.24, 2.45) is 0 Å². The molecule has 0 spiro atoms. The number of amides is 1. The molecule has 0 radical (unpaired) electrons. The molecule has 1 aliphatic heterocycles. The maximum absolute atomic E-state index is 12.4. The molecule has 1 N–H and O–H groups in total. The lowest BCUT2D eigenvalue weighted by Gasteiger charge is -2.36. The zero-order chi connectivity index (χ0) is 22.5. The summed E-state index contributed by atoms with van der Waals surface area (Å²) in [6.07, 6.45) is 0.319. The van der Waals surface area contributed by atoms with Gasteiger partial charge in [-0.2, -0.15) is 0 Å². The van der Waals surface area contributed by atoms with Crippen molar-refractivity contribution in [3.8, 4) is 0 Å². The Labute approximate surface area is 207 Å². The molecule has 1 fully saturated rings. The Hall–Kier alpha value is -2.05. The number of benzene rings is 3. The minimum atomic E-state index is -0.0654. The summed E-state index contributed by atoms with van der Waals surface area (Å²) in [6.45, 7) is 4.50. The number of halogens is 3. The van der Waals surface area contributed by atoms with E-state index >= 15 is 0 Å². The van der Waals surface area contributed by atoms with Crippen LogP contribution in [0.1, 0.15) is 11.1 Å². The predicted molar refractivity (Wildman–Crippen MR) is 137 cm³/mol. The third kappa shape index (κ3) is 6.04. The van der Waals surface area contributed by atoms with E-state index in [0.717, 1.165) is 59.0 Å². The molecular formula is C25H24BrCl2N3O. The van der Waals surface area contributed by atoms with Gasteiger partial charge in [0.1, 0.15) is 0 Å². The van der Waals surface area contributed by atoms with E-state index < -0.39 is 0 Å². The van der Waals surface area contributed by atoms with Gasteiger partial charge in [0.25, 0.3) is 0 Å². The van der Waals surface area contributed by atoms with Gasteiger partial charge in [-0.3, -0.25) is 9.69 Å². The summed E-state index contributed by atoms with van der Waals surface area (Å²) >= 11 is 16.3. The molecule has 1 aliphatic rings. The Kier molecular flexibility index (Phi) is 7.74. The van der Waals surface area contributed by atoms with Gasteiger partial charge < -0.3 is 10.2 Å². The van der Waals surface area contributed by atoms with Crippen LogP contribution in [0.3, 0.4) is 0 Å². The summed E-state index contributed by atoms with van der Waals surface area (Å²) in [5.74, 6) is -0.0654. The van der Waals surface area contributed by atoms with Crippen LogP contribution in [0.2, 0.25) is 10.0 Å². The van der Waals surface area contributed by atoms with Gasteiger partial charge in [-0.05, 0) is 47.5 Å². The van der Waals surface area contributed by atoms with E-state index in [1.165, 1.54) is 0 Å². The normalized spacial score (nSPS) is 14.4. The van der Waals surface area contributed by atoms with Crippen molar-refractivity contribution in [2.75, 3.05) is 36.4 Å². The van der Waals surface area contributed by atoms with Gasteiger partial charge >= 0.3 is 0 Å². The maximum Gasteiger partial charge on any atom is 0.228 e. The van der Waals surface area contributed by atoms with Crippen molar-refractivity contribution in [1.82, 2.24) is 4.90 Å². The number of nitrogens with one attached hydrogen (secondary N) is 1. The van der Waals surface area contributed by atoms with Gasteiger partial charge in [0, 0.05) is 47.9 Å². The molecule has 0 atom stereocenters. The Morgan fingerprint density at radius 1 is 0.906 bits per heavy atom. The number of hydrogen-bond acceptors (Lipinski definition) is 3. The molecule has 1 amide bonds. The fourth-order valence-electron chi connectivity index (χ4n) is 3.85. The molecule has 7 heteroatoms. The molecule has 1 saturated heterocycles. The first kappa shape index (κ1) is 23.1. The second-order valence-corrected chi connectivity index (χ2v) is 9.60. The molecule has 4 rings (SSSR count). The van der Waals surface area contributed by atoms with E-state index in [1.807, 2.05) is 60.7 Å². The summed E-state index contributed by atoms with van der Waals surface area (Å²) in [6, 6.07) is 21.5. The van der Waals surface area contributed by atoms with Crippen LogP contribution in [0.15, 0.2) is 71.2 Å². The molecule has 0 bridgehead atoms. The summed E-state index contributed by atoms with van der Waals surface area (Å²) < 4.78 is 0.994. The van der Waals surface area contributed by atoms with Crippen molar-refractivity contribution >= 4 is 56.4 Å². The van der Waals surface area contributed by atoms with Gasteiger partial charge in [0.05, 0.1) is 17.1 Å². The molecule has 0 unspecified atom stereocenters. The lowest BCUT2D eigenvalue weighted by atomic mass is 10.1. The van der Waals surface area contributed by atoms with Crippen LogP contribution >= 0.6 is 39.1 Å². The maximum atomic E-state index is 12.4. The van der Waals surface area contributed by atoms with E-state index in [9.17, 15) is 4.79 Å². The third-order valence-corrected chi connectivity index (χ3v) is 6.77. The van der Waals surface area contributed by atoms with Crippen molar-refractivity contribution in [1.29, 1.82) is 0 Å². The zero-order valence-electron chi connectivity index (χ0n) is 17.5. The minimum absolute atomic E-state index is 0.0654. The molecule has 3 aromatic carbocycles. The first-order valence-electron chi connectivity index (χ1n) is 10.5. The standard InChI is InChI=1S/C25H24BrCl2N3O/c26-20-7-5-18(6-8-20)15-25(32)29-21-9-10-24(23(28)16-21)31-13-11-30(12-14-31)17-19-3-1-2-4-22(19)27/h1-10,16H,11-15,17H2,(H,29,32). The van der Waals surface area contributed by atoms with Crippen LogP contribution in [-0.2, 0) is 17.8 Å². The van der Waals surface area contributed by atoms with E-state index in [-0.39, 0.29) is 5.91 Å². The quantitative estimate of drug-likeness (QED) is 0.407. The first-order chi connectivity index (χ1) is 15.5. The highest BCUT2D eigenvalue weighted by atomic mass is 79.9. The van der Waals surface area contributed by atoms with Crippen LogP contribution in [-0.4, -0.2) is 37.0 Å². The minimum Gasteiger partial charge on any atom is -0.368 e. The number of carbonyl (C=O) groups excluding carboxylic acids is 1. The highest BCUT2D eigenvalue weighted by Crippen LogP contribution is 2.30. The van der Waals surface area contributed by atoms with Crippen LogP contribution in [0.4, 0.5) is 11.4 Å². The van der Waals surface area contributed by atoms with Crippen LogP contribution < -0.4 is 10.2 Å². The SMILES string of the molecule is O=C(Cc1ccc(Br)cc1)Nc1ccc(N2CCN(Cc3ccccc3Cl)CC2)c(Cl)c1. The van der Waals surface area contributed by atoms with Crippen molar-refractivity contribution in [2.45, 2.75) is 13.0 Å². The molecule has 4 nitrogen and oxygen atoms in total. The number of carbonyl (C=O) groups is 1. The number of piperazine rings is 1. The van der Waals surface area contributed by atoms with Crippen molar-refractivity contribution < 1.29 is 4.79 Å². The Balaban J connectivity index is 1.32. The second-order valence-electron chi connectivity index (χ2n) is 7.87. The third-order valence-electron chi connectivity index (χ3n) is 5.57. The zero-order valence-corrected chi connectivity index (χ0v) is 20.6. The molecule has 0 aliphatic carbocycles. The van der Waals surface area contributed by atoms with E-state index in [0.29, 0.717) is 17.1 Å². The lowest BCUT2D eigenvalue weighted by molar-refractivity contribution is -0.115. The topological polar surface area (TPSA) is 35.6 Å². The van der Waals surface area contributed by atoms with Gasteiger partial charge in [-0.25, -0.2) is 0 Å². The summed E-state index contributed by atoms with van der Waals surface area (Å²) in [5, 5.41) is 4.40. The molecule has 32 heavy (non-hydrogen) atoms. The molecule has 0 aromatic heterocycles. The van der Waals surface area contributed by atoms with E-state index in [4.69, 9.17) is 23.2 Å². The largest absolute Gasteiger partial charge is 0.368 e. The Morgan fingerprint density at radius 3 is 2.31 bits per heavy atom. The van der Waals surface area contributed by atoms with E-state index in [2.05, 4.69) is 37.1 Å². The number of rotatable bonds is 6. The highest BCUT2D eigenvalue weighted by molar-refractivity contribution is 9.10. The van der Waals surface area contributed by atoms with Crippen LogP contribution in [0.25, 0.3) is 0 Å². The molecular weight excluding hydrogens is 509 g/mol. The Morgan fingerprint density at radius 2 is 1.62 bits per heavy atom. The summed E-state index contributed by atoms with van der Waals surface area (Å²) in [4.78, 5) is 17.1. The summed E-state index contributed by atoms with van der Waals surface area (Å²) in [7, 11) is 0. The molecule has 1 heterocycles. The lowest BCUT2D eigenvalue weighted by Crippen LogP contribution is -2.46. The molecule has 0 saturated carbocycles. The number of anilines is 2. The van der Waals surface area contributed by atoms with Crippen LogP contribution in [0.5, 0.6) is 0 Å². The average Bonchev–Trinajstić information content (AvgIpc) is 2.78.